The van der Waals surface area contributed by atoms with Crippen molar-refractivity contribution in [2.75, 3.05) is 14.1 Å². The summed E-state index contributed by atoms with van der Waals surface area (Å²) in [6, 6.07) is 0. The Balaban J connectivity index is 2.34. The van der Waals surface area contributed by atoms with Crippen LogP contribution in [0.4, 0.5) is 0 Å². The first-order chi connectivity index (χ1) is 5.29. The standard InChI is InChI=1S/C9H18N2/c1-11(2)10-9-7-5-3-4-6-8-9/h7,10H,3-6,8H2,1-2H3. The SMILES string of the molecule is CN(C)NC1=CCCCCC1. The van der Waals surface area contributed by atoms with Gasteiger partial charge in [0.1, 0.15) is 0 Å². The largest absolute Gasteiger partial charge is 0.324 e. The molecule has 1 aliphatic rings. The van der Waals surface area contributed by atoms with Crippen LogP contribution in [-0.2, 0) is 0 Å². The van der Waals surface area contributed by atoms with Crippen molar-refractivity contribution in [2.24, 2.45) is 0 Å². The van der Waals surface area contributed by atoms with Crippen molar-refractivity contribution in [2.45, 2.75) is 32.1 Å². The highest BCUT2D eigenvalue weighted by Gasteiger charge is 2.01. The fraction of sp³-hybridized carbons (Fsp3) is 0.778. The Labute approximate surface area is 69.2 Å². The molecule has 0 radical (unpaired) electrons. The van der Waals surface area contributed by atoms with E-state index in [1.54, 1.807) is 0 Å². The van der Waals surface area contributed by atoms with Gasteiger partial charge in [0.25, 0.3) is 0 Å². The molecule has 1 rings (SSSR count). The molecule has 0 fully saturated rings. The van der Waals surface area contributed by atoms with Crippen molar-refractivity contribution in [1.29, 1.82) is 0 Å². The quantitative estimate of drug-likeness (QED) is 0.611. The number of hydrogen-bond acceptors (Lipinski definition) is 2. The van der Waals surface area contributed by atoms with Crippen molar-refractivity contribution in [3.63, 3.8) is 0 Å². The third-order valence-electron chi connectivity index (χ3n) is 1.91. The van der Waals surface area contributed by atoms with Gasteiger partial charge in [-0.2, -0.15) is 0 Å². The summed E-state index contributed by atoms with van der Waals surface area (Å²) < 4.78 is 0. The summed E-state index contributed by atoms with van der Waals surface area (Å²) in [6.07, 6.45) is 8.88. The van der Waals surface area contributed by atoms with Crippen LogP contribution in [0.2, 0.25) is 0 Å². The van der Waals surface area contributed by atoms with Gasteiger partial charge in [-0.05, 0) is 25.7 Å². The molecule has 0 saturated heterocycles. The second-order valence-corrected chi connectivity index (χ2v) is 3.33. The second-order valence-electron chi connectivity index (χ2n) is 3.33. The first kappa shape index (κ1) is 8.60. The molecule has 0 aromatic heterocycles. The van der Waals surface area contributed by atoms with Gasteiger partial charge >= 0.3 is 0 Å². The van der Waals surface area contributed by atoms with Gasteiger partial charge in [-0.25, -0.2) is 5.01 Å². The maximum Gasteiger partial charge on any atom is 0.0224 e. The zero-order valence-electron chi connectivity index (χ0n) is 7.56. The highest BCUT2D eigenvalue weighted by atomic mass is 15.5. The minimum absolute atomic E-state index is 1.22. The topological polar surface area (TPSA) is 15.3 Å². The van der Waals surface area contributed by atoms with E-state index in [0.717, 1.165) is 0 Å². The molecule has 1 aliphatic carbocycles. The number of rotatable bonds is 2. The fourth-order valence-corrected chi connectivity index (χ4v) is 1.40. The lowest BCUT2D eigenvalue weighted by atomic mass is 10.2. The molecule has 0 aromatic carbocycles. The molecule has 0 bridgehead atoms. The summed E-state index contributed by atoms with van der Waals surface area (Å²) >= 11 is 0. The molecule has 0 aliphatic heterocycles. The van der Waals surface area contributed by atoms with Crippen LogP contribution in [0, 0.1) is 0 Å². The van der Waals surface area contributed by atoms with Gasteiger partial charge in [-0.15, -0.1) is 0 Å². The Hall–Kier alpha value is -0.500. The molecule has 0 atom stereocenters. The first-order valence-electron chi connectivity index (χ1n) is 4.42. The van der Waals surface area contributed by atoms with E-state index in [9.17, 15) is 0 Å². The van der Waals surface area contributed by atoms with E-state index < -0.39 is 0 Å². The highest BCUT2D eigenvalue weighted by Crippen LogP contribution is 2.14. The third-order valence-corrected chi connectivity index (χ3v) is 1.91. The number of nitrogens with one attached hydrogen (secondary N) is 1. The molecular weight excluding hydrogens is 136 g/mol. The van der Waals surface area contributed by atoms with Crippen LogP contribution >= 0.6 is 0 Å². The van der Waals surface area contributed by atoms with Gasteiger partial charge in [-0.1, -0.05) is 12.5 Å². The first-order valence-corrected chi connectivity index (χ1v) is 4.42. The van der Waals surface area contributed by atoms with E-state index in [2.05, 4.69) is 11.5 Å². The van der Waals surface area contributed by atoms with E-state index in [1.165, 1.54) is 37.8 Å². The number of nitrogens with zero attached hydrogens (tertiary/aromatic N) is 1. The highest BCUT2D eigenvalue weighted by molar-refractivity contribution is 4.99. The Morgan fingerprint density at radius 2 is 2.09 bits per heavy atom. The monoisotopic (exact) mass is 154 g/mol. The molecule has 1 N–H and O–H groups in total. The summed E-state index contributed by atoms with van der Waals surface area (Å²) in [7, 11) is 4.07. The van der Waals surface area contributed by atoms with Gasteiger partial charge in [0, 0.05) is 19.8 Å². The molecule has 0 spiro atoms. The predicted molar refractivity (Wildman–Crippen MR) is 48.0 cm³/mol. The Morgan fingerprint density at radius 3 is 2.82 bits per heavy atom. The molecule has 2 nitrogen and oxygen atoms in total. The zero-order valence-corrected chi connectivity index (χ0v) is 7.56. The van der Waals surface area contributed by atoms with E-state index >= 15 is 0 Å². The molecule has 11 heavy (non-hydrogen) atoms. The Bertz CT molecular complexity index is 138. The van der Waals surface area contributed by atoms with Crippen LogP contribution in [0.1, 0.15) is 32.1 Å². The predicted octanol–water partition coefficient (Wildman–Crippen LogP) is 1.90. The van der Waals surface area contributed by atoms with Crippen LogP contribution in [0.3, 0.4) is 0 Å². The molecule has 64 valence electrons. The molecule has 0 saturated carbocycles. The molecule has 0 amide bonds. The van der Waals surface area contributed by atoms with Gasteiger partial charge in [0.05, 0.1) is 0 Å². The Kier molecular flexibility index (Phi) is 3.43. The average molecular weight is 154 g/mol. The smallest absolute Gasteiger partial charge is 0.0224 e. The van der Waals surface area contributed by atoms with E-state index in [1.807, 2.05) is 19.1 Å². The van der Waals surface area contributed by atoms with Crippen molar-refractivity contribution in [1.82, 2.24) is 10.4 Å². The molecule has 0 unspecified atom stereocenters. The number of hydrazine groups is 1. The van der Waals surface area contributed by atoms with Crippen molar-refractivity contribution in [3.05, 3.63) is 11.8 Å². The van der Waals surface area contributed by atoms with Gasteiger partial charge in [0.15, 0.2) is 0 Å². The summed E-state index contributed by atoms with van der Waals surface area (Å²) in [5, 5.41) is 2.01. The number of hydrogen-bond donors (Lipinski definition) is 1. The normalized spacial score (nSPS) is 19.4. The summed E-state index contributed by atoms with van der Waals surface area (Å²) in [5.41, 5.74) is 4.71. The lowest BCUT2D eigenvalue weighted by molar-refractivity contribution is 0.321. The Morgan fingerprint density at radius 1 is 1.27 bits per heavy atom. The van der Waals surface area contributed by atoms with Crippen LogP contribution in [0.25, 0.3) is 0 Å². The summed E-state index contributed by atoms with van der Waals surface area (Å²) in [5.74, 6) is 0. The van der Waals surface area contributed by atoms with Gasteiger partial charge < -0.3 is 5.43 Å². The fourth-order valence-electron chi connectivity index (χ4n) is 1.40. The van der Waals surface area contributed by atoms with Gasteiger partial charge in [0.2, 0.25) is 0 Å². The lowest BCUT2D eigenvalue weighted by Gasteiger charge is -2.15. The van der Waals surface area contributed by atoms with Crippen LogP contribution in [0.15, 0.2) is 11.8 Å². The minimum Gasteiger partial charge on any atom is -0.324 e. The summed E-state index contributed by atoms with van der Waals surface area (Å²) in [4.78, 5) is 0. The van der Waals surface area contributed by atoms with Crippen molar-refractivity contribution < 1.29 is 0 Å². The second kappa shape index (κ2) is 4.39. The lowest BCUT2D eigenvalue weighted by Crippen LogP contribution is -2.29. The average Bonchev–Trinajstić information content (AvgIpc) is 2.14. The van der Waals surface area contributed by atoms with Gasteiger partial charge in [-0.3, -0.25) is 0 Å². The van der Waals surface area contributed by atoms with Crippen molar-refractivity contribution in [3.8, 4) is 0 Å². The molecule has 2 heteroatoms. The maximum atomic E-state index is 3.32. The molecular formula is C9H18N2. The maximum absolute atomic E-state index is 3.32. The zero-order chi connectivity index (χ0) is 8.10. The van der Waals surface area contributed by atoms with Crippen LogP contribution in [-0.4, -0.2) is 19.1 Å². The van der Waals surface area contributed by atoms with Crippen LogP contribution in [0.5, 0.6) is 0 Å². The minimum atomic E-state index is 1.22. The third kappa shape index (κ3) is 3.42. The van der Waals surface area contributed by atoms with E-state index in [0.29, 0.717) is 0 Å². The number of allylic oxidation sites excluding steroid dienone is 2. The summed E-state index contributed by atoms with van der Waals surface area (Å²) in [6.45, 7) is 0. The van der Waals surface area contributed by atoms with E-state index in [-0.39, 0.29) is 0 Å². The van der Waals surface area contributed by atoms with Crippen molar-refractivity contribution >= 4 is 0 Å². The molecule has 0 aromatic rings. The molecule has 0 heterocycles. The van der Waals surface area contributed by atoms with E-state index in [4.69, 9.17) is 0 Å². The van der Waals surface area contributed by atoms with Crippen LogP contribution < -0.4 is 5.43 Å².